The van der Waals surface area contributed by atoms with Gasteiger partial charge in [0.25, 0.3) is 0 Å². The summed E-state index contributed by atoms with van der Waals surface area (Å²) in [6.45, 7) is 5.74. The molecule has 154 valence electrons. The molecule has 1 saturated heterocycles. The molecular formula is C19H33IN4O2S. The molecule has 0 radical (unpaired) electrons. The third-order valence-corrected chi connectivity index (χ3v) is 5.98. The Kier molecular flexibility index (Phi) is 11.2. The van der Waals surface area contributed by atoms with Crippen LogP contribution < -0.4 is 10.6 Å². The van der Waals surface area contributed by atoms with E-state index in [1.165, 1.54) is 11.8 Å². The van der Waals surface area contributed by atoms with E-state index in [1.807, 2.05) is 6.07 Å². The first-order chi connectivity index (χ1) is 12.5. The molecule has 1 aliphatic rings. The molecular weight excluding hydrogens is 475 g/mol. The smallest absolute Gasteiger partial charge is 0.211 e. The number of rotatable bonds is 8. The van der Waals surface area contributed by atoms with Crippen molar-refractivity contribution in [1.29, 1.82) is 0 Å². The number of nitrogens with one attached hydrogen (secondary N) is 2. The average Bonchev–Trinajstić information content (AvgIpc) is 2.63. The van der Waals surface area contributed by atoms with Gasteiger partial charge in [0.1, 0.15) is 0 Å². The summed E-state index contributed by atoms with van der Waals surface area (Å²) in [6, 6.07) is 10.5. The summed E-state index contributed by atoms with van der Waals surface area (Å²) in [5.74, 6) is 1.30. The molecule has 0 aliphatic carbocycles. The van der Waals surface area contributed by atoms with Crippen LogP contribution in [0.4, 0.5) is 0 Å². The van der Waals surface area contributed by atoms with Gasteiger partial charge in [0.05, 0.1) is 6.26 Å². The molecule has 2 N–H and O–H groups in total. The zero-order valence-corrected chi connectivity index (χ0v) is 19.5. The van der Waals surface area contributed by atoms with Crippen LogP contribution in [0.1, 0.15) is 31.7 Å². The van der Waals surface area contributed by atoms with Crippen LogP contribution in [0.15, 0.2) is 35.3 Å². The van der Waals surface area contributed by atoms with Crippen molar-refractivity contribution in [2.75, 3.05) is 39.0 Å². The van der Waals surface area contributed by atoms with Gasteiger partial charge < -0.3 is 10.6 Å². The summed E-state index contributed by atoms with van der Waals surface area (Å²) in [5.41, 5.74) is 1.36. The lowest BCUT2D eigenvalue weighted by molar-refractivity contribution is 0.280. The Morgan fingerprint density at radius 1 is 1.19 bits per heavy atom. The second kappa shape index (κ2) is 12.6. The second-order valence-electron chi connectivity index (χ2n) is 6.84. The summed E-state index contributed by atoms with van der Waals surface area (Å²) in [6.07, 6.45) is 5.15. The van der Waals surface area contributed by atoms with Crippen LogP contribution in [0.2, 0.25) is 0 Å². The quantitative estimate of drug-likeness (QED) is 0.245. The van der Waals surface area contributed by atoms with Gasteiger partial charge in [0.2, 0.25) is 10.0 Å². The highest BCUT2D eigenvalue weighted by Crippen LogP contribution is 2.19. The SMILES string of the molecule is CCNC(=NCC1CCN(S(C)(=O)=O)CC1)NCCCc1ccccc1.I. The Morgan fingerprint density at radius 3 is 2.44 bits per heavy atom. The molecule has 0 saturated carbocycles. The number of hydrogen-bond acceptors (Lipinski definition) is 3. The molecule has 6 nitrogen and oxygen atoms in total. The number of piperidine rings is 1. The van der Waals surface area contributed by atoms with Gasteiger partial charge >= 0.3 is 0 Å². The number of sulfonamides is 1. The number of nitrogens with zero attached hydrogens (tertiary/aromatic N) is 2. The third kappa shape index (κ3) is 9.25. The Labute approximate surface area is 181 Å². The second-order valence-corrected chi connectivity index (χ2v) is 8.82. The molecule has 1 aliphatic heterocycles. The lowest BCUT2D eigenvalue weighted by Crippen LogP contribution is -2.40. The van der Waals surface area contributed by atoms with E-state index in [2.05, 4.69) is 41.8 Å². The fourth-order valence-electron chi connectivity index (χ4n) is 3.13. The number of guanidine groups is 1. The molecule has 0 bridgehead atoms. The van der Waals surface area contributed by atoms with E-state index >= 15 is 0 Å². The predicted octanol–water partition coefficient (Wildman–Crippen LogP) is 2.46. The van der Waals surface area contributed by atoms with Gasteiger partial charge in [-0.3, -0.25) is 4.99 Å². The van der Waals surface area contributed by atoms with Gasteiger partial charge in [-0.25, -0.2) is 12.7 Å². The van der Waals surface area contributed by atoms with E-state index in [1.54, 1.807) is 4.31 Å². The molecule has 1 aromatic carbocycles. The van der Waals surface area contributed by atoms with Crippen molar-refractivity contribution >= 4 is 40.0 Å². The number of aliphatic imine (C=N–C) groups is 1. The molecule has 2 rings (SSSR count). The maximum Gasteiger partial charge on any atom is 0.211 e. The molecule has 0 spiro atoms. The molecule has 27 heavy (non-hydrogen) atoms. The molecule has 8 heteroatoms. The van der Waals surface area contributed by atoms with Crippen molar-refractivity contribution in [3.05, 3.63) is 35.9 Å². The zero-order chi connectivity index (χ0) is 18.8. The molecule has 0 atom stereocenters. The number of hydrogen-bond donors (Lipinski definition) is 2. The fraction of sp³-hybridized carbons (Fsp3) is 0.632. The predicted molar refractivity (Wildman–Crippen MR) is 123 cm³/mol. The molecule has 0 amide bonds. The van der Waals surface area contributed by atoms with Gasteiger partial charge in [-0.05, 0) is 44.1 Å². The van der Waals surface area contributed by atoms with Crippen molar-refractivity contribution in [2.24, 2.45) is 10.9 Å². The van der Waals surface area contributed by atoms with Crippen LogP contribution in [0.25, 0.3) is 0 Å². The van der Waals surface area contributed by atoms with Gasteiger partial charge in [-0.1, -0.05) is 30.3 Å². The molecule has 1 aromatic rings. The summed E-state index contributed by atoms with van der Waals surface area (Å²) < 4.78 is 24.7. The summed E-state index contributed by atoms with van der Waals surface area (Å²) >= 11 is 0. The van der Waals surface area contributed by atoms with Crippen LogP contribution in [-0.2, 0) is 16.4 Å². The van der Waals surface area contributed by atoms with Crippen LogP contribution in [0.3, 0.4) is 0 Å². The standard InChI is InChI=1S/C19H32N4O2S.HI/c1-3-20-19(21-13-7-10-17-8-5-4-6-9-17)22-16-18-11-14-23(15-12-18)26(2,24)25;/h4-6,8-9,18H,3,7,10-16H2,1-2H3,(H2,20,21,22);1H. The van der Waals surface area contributed by atoms with E-state index < -0.39 is 10.0 Å². The minimum atomic E-state index is -3.05. The van der Waals surface area contributed by atoms with Crippen molar-refractivity contribution in [2.45, 2.75) is 32.6 Å². The van der Waals surface area contributed by atoms with E-state index in [4.69, 9.17) is 4.99 Å². The van der Waals surface area contributed by atoms with Crippen LogP contribution in [0.5, 0.6) is 0 Å². The van der Waals surface area contributed by atoms with Gasteiger partial charge in [-0.15, -0.1) is 24.0 Å². The Balaban J connectivity index is 0.00000364. The fourth-order valence-corrected chi connectivity index (χ4v) is 4.00. The zero-order valence-electron chi connectivity index (χ0n) is 16.4. The maximum absolute atomic E-state index is 11.6. The van der Waals surface area contributed by atoms with Crippen LogP contribution >= 0.6 is 24.0 Å². The maximum atomic E-state index is 11.6. The lowest BCUT2D eigenvalue weighted by Gasteiger charge is -2.29. The largest absolute Gasteiger partial charge is 0.357 e. The highest BCUT2D eigenvalue weighted by atomic mass is 127. The Hall–Kier alpha value is -0.870. The topological polar surface area (TPSA) is 73.8 Å². The summed E-state index contributed by atoms with van der Waals surface area (Å²) in [5, 5.41) is 6.68. The minimum Gasteiger partial charge on any atom is -0.357 e. The number of halogens is 1. The first kappa shape index (κ1) is 24.2. The highest BCUT2D eigenvalue weighted by molar-refractivity contribution is 14.0. The van der Waals surface area contributed by atoms with E-state index in [0.29, 0.717) is 19.0 Å². The first-order valence-corrected chi connectivity index (χ1v) is 11.3. The Morgan fingerprint density at radius 2 is 1.85 bits per heavy atom. The average molecular weight is 508 g/mol. The van der Waals surface area contributed by atoms with Crippen molar-refractivity contribution in [3.63, 3.8) is 0 Å². The van der Waals surface area contributed by atoms with Gasteiger partial charge in [-0.2, -0.15) is 0 Å². The van der Waals surface area contributed by atoms with E-state index in [-0.39, 0.29) is 24.0 Å². The molecule has 1 fully saturated rings. The van der Waals surface area contributed by atoms with Crippen LogP contribution in [0, 0.1) is 5.92 Å². The van der Waals surface area contributed by atoms with Gasteiger partial charge in [0, 0.05) is 32.7 Å². The summed E-state index contributed by atoms with van der Waals surface area (Å²) in [7, 11) is -3.05. The molecule has 1 heterocycles. The number of benzene rings is 1. The summed E-state index contributed by atoms with van der Waals surface area (Å²) in [4.78, 5) is 4.70. The third-order valence-electron chi connectivity index (χ3n) is 4.67. The first-order valence-electron chi connectivity index (χ1n) is 9.50. The Bertz CT molecular complexity index is 660. The highest BCUT2D eigenvalue weighted by Gasteiger charge is 2.24. The van der Waals surface area contributed by atoms with E-state index in [9.17, 15) is 8.42 Å². The molecule has 0 aromatic heterocycles. The minimum absolute atomic E-state index is 0. The van der Waals surface area contributed by atoms with Crippen LogP contribution in [-0.4, -0.2) is 57.7 Å². The monoisotopic (exact) mass is 508 g/mol. The molecule has 0 unspecified atom stereocenters. The number of aryl methyl sites for hydroxylation is 1. The lowest BCUT2D eigenvalue weighted by atomic mass is 9.98. The van der Waals surface area contributed by atoms with E-state index in [0.717, 1.165) is 51.3 Å². The van der Waals surface area contributed by atoms with Gasteiger partial charge in [0.15, 0.2) is 5.96 Å². The van der Waals surface area contributed by atoms with Crippen molar-refractivity contribution in [3.8, 4) is 0 Å². The normalized spacial score (nSPS) is 16.6. The van der Waals surface area contributed by atoms with Crippen molar-refractivity contribution < 1.29 is 8.42 Å². The van der Waals surface area contributed by atoms with Crippen molar-refractivity contribution in [1.82, 2.24) is 14.9 Å².